The van der Waals surface area contributed by atoms with Gasteiger partial charge in [0.05, 0.1) is 44.8 Å². The highest BCUT2D eigenvalue weighted by atomic mass is 16.5. The number of anilines is 5. The molecule has 10 nitrogen and oxygen atoms in total. The quantitative estimate of drug-likeness (QED) is 0.261. The van der Waals surface area contributed by atoms with E-state index in [2.05, 4.69) is 75.8 Å². The van der Waals surface area contributed by atoms with Crippen LogP contribution < -0.4 is 24.9 Å². The summed E-state index contributed by atoms with van der Waals surface area (Å²) in [5, 5.41) is 3.20. The Morgan fingerprint density at radius 1 is 0.729 bits per heavy atom. The zero-order valence-corrected chi connectivity index (χ0v) is 27.6. The first-order valence-corrected chi connectivity index (χ1v) is 16.4. The molecule has 0 atom stereocenters. The van der Waals surface area contributed by atoms with Crippen LogP contribution in [0.2, 0.25) is 0 Å². The summed E-state index contributed by atoms with van der Waals surface area (Å²) in [6, 6.07) is 30.1. The van der Waals surface area contributed by atoms with Gasteiger partial charge in [-0.2, -0.15) is 0 Å². The van der Waals surface area contributed by atoms with Gasteiger partial charge >= 0.3 is 12.0 Å². The van der Waals surface area contributed by atoms with Crippen molar-refractivity contribution in [2.75, 3.05) is 98.7 Å². The minimum Gasteiger partial charge on any atom is -0.465 e. The highest BCUT2D eigenvalue weighted by Gasteiger charge is 2.50. The number of benzene rings is 4. The molecule has 4 aromatic rings. The van der Waals surface area contributed by atoms with Gasteiger partial charge in [-0.1, -0.05) is 30.3 Å². The number of carbonyl (C=O) groups is 2. The second-order valence-corrected chi connectivity index (χ2v) is 12.4. The molecule has 48 heavy (non-hydrogen) atoms. The van der Waals surface area contributed by atoms with Gasteiger partial charge in [0.25, 0.3) is 0 Å². The van der Waals surface area contributed by atoms with E-state index in [1.54, 1.807) is 12.1 Å². The fourth-order valence-corrected chi connectivity index (χ4v) is 7.05. The summed E-state index contributed by atoms with van der Waals surface area (Å²) < 4.78 is 16.2. The van der Waals surface area contributed by atoms with Gasteiger partial charge in [-0.05, 0) is 71.8 Å². The van der Waals surface area contributed by atoms with E-state index in [4.69, 9.17) is 14.2 Å². The Morgan fingerprint density at radius 2 is 1.23 bits per heavy atom. The summed E-state index contributed by atoms with van der Waals surface area (Å²) >= 11 is 0. The number of morpholine rings is 2. The van der Waals surface area contributed by atoms with Crippen LogP contribution in [0.3, 0.4) is 0 Å². The summed E-state index contributed by atoms with van der Waals surface area (Å²) in [6.07, 6.45) is 0. The smallest absolute Gasteiger partial charge is 0.337 e. The molecule has 0 saturated carbocycles. The number of hydrogen-bond acceptors (Lipinski definition) is 8. The van der Waals surface area contributed by atoms with Crippen molar-refractivity contribution in [2.45, 2.75) is 5.54 Å². The second-order valence-electron chi connectivity index (χ2n) is 12.4. The van der Waals surface area contributed by atoms with E-state index in [-0.39, 0.29) is 6.03 Å². The monoisotopic (exact) mass is 647 g/mol. The summed E-state index contributed by atoms with van der Waals surface area (Å²) in [6.45, 7) is 6.07. The Balaban J connectivity index is 1.46. The van der Waals surface area contributed by atoms with Crippen molar-refractivity contribution in [3.05, 3.63) is 113 Å². The third-order valence-electron chi connectivity index (χ3n) is 9.56. The lowest BCUT2D eigenvalue weighted by atomic mass is 9.73. The van der Waals surface area contributed by atoms with Gasteiger partial charge in [-0.3, -0.25) is 4.90 Å². The standard InChI is InChI=1S/C38H41N5O5/c1-40(2)33-16-17-34-35(26-33)39-37(45)43(32-10-4-27(5-11-32)36(44)46-3)38(34,28-6-12-30(13-7-28)41-18-22-47-23-19-41)29-8-14-31(15-9-29)42-20-24-48-25-21-42/h4-17,26H,18-25H2,1-3H3,(H,39,45). The Morgan fingerprint density at radius 3 is 1.71 bits per heavy atom. The molecular formula is C38H41N5O5. The molecule has 0 radical (unpaired) electrons. The Kier molecular flexibility index (Phi) is 8.68. The summed E-state index contributed by atoms with van der Waals surface area (Å²) in [5.41, 5.74) is 6.71. The largest absolute Gasteiger partial charge is 0.465 e. The van der Waals surface area contributed by atoms with Crippen molar-refractivity contribution in [1.29, 1.82) is 0 Å². The van der Waals surface area contributed by atoms with Crippen molar-refractivity contribution in [3.8, 4) is 0 Å². The normalized spacial score (nSPS) is 17.4. The van der Waals surface area contributed by atoms with Crippen LogP contribution in [-0.2, 0) is 19.7 Å². The van der Waals surface area contributed by atoms with Gasteiger partial charge in [0, 0.05) is 68.6 Å². The molecule has 4 aromatic carbocycles. The van der Waals surface area contributed by atoms with Crippen LogP contribution >= 0.6 is 0 Å². The number of esters is 1. The molecule has 2 amide bonds. The number of nitrogens with zero attached hydrogens (tertiary/aromatic N) is 4. The zero-order chi connectivity index (χ0) is 33.3. The average Bonchev–Trinajstić information content (AvgIpc) is 3.14. The van der Waals surface area contributed by atoms with E-state index in [1.165, 1.54) is 7.11 Å². The molecule has 0 unspecified atom stereocenters. The number of urea groups is 1. The second kappa shape index (κ2) is 13.2. The lowest BCUT2D eigenvalue weighted by Gasteiger charge is -2.49. The SMILES string of the molecule is COC(=O)c1ccc(N2C(=O)Nc3cc(N(C)C)ccc3C2(c2ccc(N3CCOCC3)cc2)c2ccc(N3CCOCC3)cc2)cc1. The van der Waals surface area contributed by atoms with Crippen LogP contribution in [0, 0.1) is 0 Å². The summed E-state index contributed by atoms with van der Waals surface area (Å²) in [4.78, 5) is 35.4. The lowest BCUT2D eigenvalue weighted by molar-refractivity contribution is 0.0600. The minimum atomic E-state index is -1.07. The maximum Gasteiger partial charge on any atom is 0.337 e. The van der Waals surface area contributed by atoms with E-state index in [0.717, 1.165) is 65.6 Å². The fourth-order valence-electron chi connectivity index (χ4n) is 7.05. The van der Waals surface area contributed by atoms with E-state index in [1.807, 2.05) is 42.1 Å². The van der Waals surface area contributed by atoms with Crippen LogP contribution in [-0.4, -0.2) is 85.8 Å². The summed E-state index contributed by atoms with van der Waals surface area (Å²) in [7, 11) is 5.34. The van der Waals surface area contributed by atoms with Crippen LogP contribution in [0.4, 0.5) is 33.2 Å². The number of rotatable bonds is 7. The molecule has 7 rings (SSSR count). The number of amides is 2. The molecule has 0 spiro atoms. The van der Waals surface area contributed by atoms with Gasteiger partial charge in [0.15, 0.2) is 0 Å². The van der Waals surface area contributed by atoms with Gasteiger partial charge in [0.1, 0.15) is 5.54 Å². The van der Waals surface area contributed by atoms with Crippen molar-refractivity contribution in [3.63, 3.8) is 0 Å². The molecule has 3 heterocycles. The molecule has 0 bridgehead atoms. The predicted octanol–water partition coefficient (Wildman–Crippen LogP) is 5.56. The number of ether oxygens (including phenoxy) is 3. The van der Waals surface area contributed by atoms with Gasteiger partial charge in [-0.25, -0.2) is 9.59 Å². The number of nitrogens with one attached hydrogen (secondary N) is 1. The lowest BCUT2D eigenvalue weighted by Crippen LogP contribution is -2.56. The average molecular weight is 648 g/mol. The van der Waals surface area contributed by atoms with Crippen molar-refractivity contribution < 1.29 is 23.8 Å². The molecule has 2 saturated heterocycles. The minimum absolute atomic E-state index is 0.279. The number of carbonyl (C=O) groups excluding carboxylic acids is 2. The number of hydrogen-bond donors (Lipinski definition) is 1. The molecule has 3 aliphatic heterocycles. The predicted molar refractivity (Wildman–Crippen MR) is 189 cm³/mol. The Bertz CT molecular complexity index is 1700. The summed E-state index contributed by atoms with van der Waals surface area (Å²) in [5.74, 6) is -0.435. The maximum atomic E-state index is 14.6. The van der Waals surface area contributed by atoms with Crippen LogP contribution in [0.5, 0.6) is 0 Å². The van der Waals surface area contributed by atoms with E-state index in [9.17, 15) is 9.59 Å². The number of methoxy groups -OCH3 is 1. The van der Waals surface area contributed by atoms with Crippen LogP contribution in [0.25, 0.3) is 0 Å². The highest BCUT2D eigenvalue weighted by molar-refractivity contribution is 6.08. The van der Waals surface area contributed by atoms with Crippen LogP contribution in [0.15, 0.2) is 91.0 Å². The van der Waals surface area contributed by atoms with Crippen molar-refractivity contribution in [2.24, 2.45) is 0 Å². The molecule has 248 valence electrons. The molecule has 0 aliphatic carbocycles. The van der Waals surface area contributed by atoms with Crippen molar-refractivity contribution >= 4 is 40.4 Å². The first kappa shape index (κ1) is 31.5. The maximum absolute atomic E-state index is 14.6. The third-order valence-corrected chi connectivity index (χ3v) is 9.56. The molecule has 0 aromatic heterocycles. The van der Waals surface area contributed by atoms with E-state index in [0.29, 0.717) is 37.7 Å². The topological polar surface area (TPSA) is 86.8 Å². The molecular weight excluding hydrogens is 606 g/mol. The van der Waals surface area contributed by atoms with Crippen molar-refractivity contribution in [1.82, 2.24) is 0 Å². The number of fused-ring (bicyclic) bond motifs is 1. The van der Waals surface area contributed by atoms with Crippen LogP contribution in [0.1, 0.15) is 27.0 Å². The van der Waals surface area contributed by atoms with Gasteiger partial charge in [0.2, 0.25) is 0 Å². The van der Waals surface area contributed by atoms with E-state index >= 15 is 0 Å². The first-order chi connectivity index (χ1) is 23.4. The molecule has 1 N–H and O–H groups in total. The fraction of sp³-hybridized carbons (Fsp3) is 0.316. The molecule has 10 heteroatoms. The third kappa shape index (κ3) is 5.61. The van der Waals surface area contributed by atoms with E-state index < -0.39 is 11.5 Å². The first-order valence-electron chi connectivity index (χ1n) is 16.4. The van der Waals surface area contributed by atoms with Gasteiger partial charge < -0.3 is 34.2 Å². The molecule has 3 aliphatic rings. The zero-order valence-electron chi connectivity index (χ0n) is 27.6. The highest BCUT2D eigenvalue weighted by Crippen LogP contribution is 2.51. The Labute approximate surface area is 281 Å². The Hall–Kier alpha value is -5.06. The molecule has 2 fully saturated rings. The van der Waals surface area contributed by atoms with Gasteiger partial charge in [-0.15, -0.1) is 0 Å².